The molecule has 2 saturated heterocycles. The number of piperidine rings is 2. The van der Waals surface area contributed by atoms with Gasteiger partial charge < -0.3 is 25.4 Å². The molecule has 0 bridgehead atoms. The number of hydrogen-bond donors (Lipinski definition) is 3. The molecule has 2 amide bonds. The van der Waals surface area contributed by atoms with Gasteiger partial charge in [-0.1, -0.05) is 0 Å². The summed E-state index contributed by atoms with van der Waals surface area (Å²) in [6.45, 7) is 0.397. The third-order valence-corrected chi connectivity index (χ3v) is 5.47. The molecule has 0 aromatic heterocycles. The van der Waals surface area contributed by atoms with Crippen LogP contribution in [0.1, 0.15) is 25.7 Å². The van der Waals surface area contributed by atoms with E-state index in [1.165, 1.54) is 18.9 Å². The number of carbonyl (C=O) groups is 2. The highest BCUT2D eigenvalue weighted by Gasteiger charge is 2.38. The molecule has 3 rings (SSSR count). The molecular formula is C20H25F6N3O4. The summed E-state index contributed by atoms with van der Waals surface area (Å²) in [6.07, 6.45) is -0.692. The molecule has 2 fully saturated rings. The van der Waals surface area contributed by atoms with Crippen molar-refractivity contribution in [1.29, 1.82) is 0 Å². The molecule has 0 saturated carbocycles. The van der Waals surface area contributed by atoms with E-state index in [9.17, 15) is 31.1 Å². The zero-order valence-corrected chi connectivity index (χ0v) is 17.5. The second-order valence-corrected chi connectivity index (χ2v) is 7.69. The summed E-state index contributed by atoms with van der Waals surface area (Å²) < 4.78 is 73.8. The minimum Gasteiger partial charge on any atom is -0.475 e. The van der Waals surface area contributed by atoms with Crippen molar-refractivity contribution in [3.05, 3.63) is 24.0 Å². The van der Waals surface area contributed by atoms with Crippen LogP contribution in [0.15, 0.2) is 18.2 Å². The average Bonchev–Trinajstić information content (AvgIpc) is 2.76. The number of rotatable bonds is 4. The van der Waals surface area contributed by atoms with Crippen LogP contribution < -0.4 is 15.4 Å². The first-order valence-electron chi connectivity index (χ1n) is 10.3. The van der Waals surface area contributed by atoms with Crippen LogP contribution in [-0.4, -0.2) is 61.0 Å². The maximum absolute atomic E-state index is 13.7. The number of likely N-dealkylation sites (tertiary alicyclic amines) is 1. The smallest absolute Gasteiger partial charge is 0.475 e. The number of nitrogens with zero attached hydrogens (tertiary/aromatic N) is 1. The molecular weight excluding hydrogens is 460 g/mol. The normalized spacial score (nSPS) is 19.5. The summed E-state index contributed by atoms with van der Waals surface area (Å²) in [4.78, 5) is 23.0. The largest absolute Gasteiger partial charge is 0.490 e. The standard InChI is InChI=1S/C18H24F3N3O2.C2HF3O2/c19-15-10-14(3-4-16(15)26-17(20)21)23-18(25)24-8-5-12(6-9-24)13-2-1-7-22-11-13;3-2(4,5)1(6)7/h3-4,10,12-13,17,22H,1-2,5-9,11H2,(H,23,25);(H,6,7). The third kappa shape index (κ3) is 8.63. The van der Waals surface area contributed by atoms with Crippen molar-refractivity contribution in [1.82, 2.24) is 10.2 Å². The number of halogens is 6. The third-order valence-electron chi connectivity index (χ3n) is 5.47. The van der Waals surface area contributed by atoms with Crippen molar-refractivity contribution in [3.8, 4) is 5.75 Å². The van der Waals surface area contributed by atoms with Gasteiger partial charge in [-0.2, -0.15) is 22.0 Å². The van der Waals surface area contributed by atoms with Crippen molar-refractivity contribution >= 4 is 17.7 Å². The maximum Gasteiger partial charge on any atom is 0.490 e. The Morgan fingerprint density at radius 3 is 2.27 bits per heavy atom. The number of alkyl halides is 5. The lowest BCUT2D eigenvalue weighted by molar-refractivity contribution is -0.192. The van der Waals surface area contributed by atoms with Gasteiger partial charge in [0.1, 0.15) is 0 Å². The lowest BCUT2D eigenvalue weighted by Gasteiger charge is -2.37. The topological polar surface area (TPSA) is 90.9 Å². The van der Waals surface area contributed by atoms with Crippen molar-refractivity contribution in [2.45, 2.75) is 38.5 Å². The van der Waals surface area contributed by atoms with Crippen LogP contribution in [0.2, 0.25) is 0 Å². The van der Waals surface area contributed by atoms with Gasteiger partial charge in [0, 0.05) is 24.8 Å². The van der Waals surface area contributed by atoms with Crippen LogP contribution in [0.4, 0.5) is 36.8 Å². The zero-order valence-electron chi connectivity index (χ0n) is 17.5. The molecule has 0 spiro atoms. The highest BCUT2D eigenvalue weighted by atomic mass is 19.4. The fourth-order valence-corrected chi connectivity index (χ4v) is 3.83. The number of nitrogens with one attached hydrogen (secondary N) is 2. The van der Waals surface area contributed by atoms with Crippen molar-refractivity contribution in [3.63, 3.8) is 0 Å². The molecule has 1 unspecified atom stereocenters. The lowest BCUT2D eigenvalue weighted by Crippen LogP contribution is -2.44. The summed E-state index contributed by atoms with van der Waals surface area (Å²) in [5.74, 6) is -2.92. The van der Waals surface area contributed by atoms with Crippen molar-refractivity contribution in [2.75, 3.05) is 31.5 Å². The van der Waals surface area contributed by atoms with Gasteiger partial charge in [0.2, 0.25) is 0 Å². The minimum atomic E-state index is -5.08. The van der Waals surface area contributed by atoms with E-state index < -0.39 is 30.3 Å². The molecule has 3 N–H and O–H groups in total. The van der Waals surface area contributed by atoms with E-state index in [2.05, 4.69) is 15.4 Å². The number of carboxylic acids is 1. The zero-order chi connectivity index (χ0) is 24.6. The fraction of sp³-hybridized carbons (Fsp3) is 0.600. The van der Waals surface area contributed by atoms with Gasteiger partial charge in [0.15, 0.2) is 11.6 Å². The molecule has 0 radical (unpaired) electrons. The van der Waals surface area contributed by atoms with Gasteiger partial charge in [0.25, 0.3) is 0 Å². The van der Waals surface area contributed by atoms with Crippen LogP contribution in [0, 0.1) is 17.7 Å². The second-order valence-electron chi connectivity index (χ2n) is 7.69. The second kappa shape index (κ2) is 12.0. The fourth-order valence-electron chi connectivity index (χ4n) is 3.83. The molecule has 33 heavy (non-hydrogen) atoms. The first kappa shape index (κ1) is 26.6. The van der Waals surface area contributed by atoms with Gasteiger partial charge in [-0.25, -0.2) is 14.0 Å². The van der Waals surface area contributed by atoms with Gasteiger partial charge >= 0.3 is 24.8 Å². The van der Waals surface area contributed by atoms with Crippen LogP contribution in [0.3, 0.4) is 0 Å². The number of aliphatic carboxylic acids is 1. The van der Waals surface area contributed by atoms with Crippen LogP contribution in [0.5, 0.6) is 5.75 Å². The van der Waals surface area contributed by atoms with Crippen LogP contribution in [0.25, 0.3) is 0 Å². The molecule has 186 valence electrons. The first-order valence-corrected chi connectivity index (χ1v) is 10.3. The van der Waals surface area contributed by atoms with E-state index in [-0.39, 0.29) is 11.7 Å². The van der Waals surface area contributed by atoms with E-state index >= 15 is 0 Å². The van der Waals surface area contributed by atoms with E-state index in [1.807, 2.05) is 0 Å². The van der Waals surface area contributed by atoms with Gasteiger partial charge in [-0.3, -0.25) is 0 Å². The number of benzene rings is 1. The summed E-state index contributed by atoms with van der Waals surface area (Å²) >= 11 is 0. The van der Waals surface area contributed by atoms with E-state index in [4.69, 9.17) is 9.90 Å². The number of anilines is 1. The average molecular weight is 485 g/mol. The highest BCUT2D eigenvalue weighted by Crippen LogP contribution is 2.30. The number of urea groups is 1. The maximum atomic E-state index is 13.7. The molecule has 2 heterocycles. The van der Waals surface area contributed by atoms with Gasteiger partial charge in [-0.15, -0.1) is 0 Å². The Labute approximate surface area is 186 Å². The molecule has 2 aliphatic rings. The summed E-state index contributed by atoms with van der Waals surface area (Å²) in [7, 11) is 0. The van der Waals surface area contributed by atoms with Crippen molar-refractivity contribution in [2.24, 2.45) is 11.8 Å². The van der Waals surface area contributed by atoms with Gasteiger partial charge in [0.05, 0.1) is 0 Å². The Kier molecular flexibility index (Phi) is 9.62. The molecule has 2 aliphatic heterocycles. The minimum absolute atomic E-state index is 0.215. The first-order chi connectivity index (χ1) is 15.5. The van der Waals surface area contributed by atoms with Crippen molar-refractivity contribution < 1.29 is 45.8 Å². The molecule has 1 aromatic carbocycles. The molecule has 0 aliphatic carbocycles. The Balaban J connectivity index is 0.000000479. The van der Waals surface area contributed by atoms with E-state index in [0.29, 0.717) is 24.9 Å². The Morgan fingerprint density at radius 2 is 1.79 bits per heavy atom. The molecule has 13 heteroatoms. The number of amides is 2. The summed E-state index contributed by atoms with van der Waals surface area (Å²) in [5.41, 5.74) is 0.215. The summed E-state index contributed by atoms with van der Waals surface area (Å²) in [5, 5.41) is 13.2. The number of hydrogen-bond acceptors (Lipinski definition) is 4. The number of ether oxygens (including phenoxy) is 1. The molecule has 7 nitrogen and oxygen atoms in total. The Bertz CT molecular complexity index is 794. The van der Waals surface area contributed by atoms with E-state index in [0.717, 1.165) is 38.1 Å². The molecule has 1 aromatic rings. The highest BCUT2D eigenvalue weighted by molar-refractivity contribution is 5.89. The monoisotopic (exact) mass is 485 g/mol. The predicted octanol–water partition coefficient (Wildman–Crippen LogP) is 4.30. The predicted molar refractivity (Wildman–Crippen MR) is 106 cm³/mol. The van der Waals surface area contributed by atoms with Crippen LogP contribution in [-0.2, 0) is 4.79 Å². The Hall–Kier alpha value is -2.70. The van der Waals surface area contributed by atoms with E-state index in [1.54, 1.807) is 4.90 Å². The SMILES string of the molecule is O=C(Nc1ccc(OC(F)F)c(F)c1)N1CCC(C2CCCNC2)CC1.O=C(O)C(F)(F)F. The van der Waals surface area contributed by atoms with Gasteiger partial charge in [-0.05, 0) is 62.7 Å². The number of carboxylic acid groups (broad SMARTS) is 1. The Morgan fingerprint density at radius 1 is 1.15 bits per heavy atom. The quantitative estimate of drug-likeness (QED) is 0.554. The number of carbonyl (C=O) groups excluding carboxylic acids is 1. The summed E-state index contributed by atoms with van der Waals surface area (Å²) in [6, 6.07) is 3.11. The lowest BCUT2D eigenvalue weighted by atomic mass is 9.80. The van der Waals surface area contributed by atoms with Crippen LogP contribution >= 0.6 is 0 Å². The molecule has 1 atom stereocenters.